The number of carbonyl (C=O) groups is 1. The normalized spacial score (nSPS) is 20.1. The van der Waals surface area contributed by atoms with E-state index in [2.05, 4.69) is 0 Å². The van der Waals surface area contributed by atoms with Gasteiger partial charge in [-0.15, -0.1) is 0 Å². The Hall–Kier alpha value is -2.01. The molecule has 5 nitrogen and oxygen atoms in total. The van der Waals surface area contributed by atoms with E-state index >= 15 is 0 Å². The van der Waals surface area contributed by atoms with Crippen molar-refractivity contribution in [1.82, 2.24) is 0 Å². The van der Waals surface area contributed by atoms with Crippen LogP contribution in [0.15, 0.2) is 20.1 Å². The van der Waals surface area contributed by atoms with Crippen molar-refractivity contribution < 1.29 is 9.21 Å². The average Bonchev–Trinajstić information content (AvgIpc) is 2.59. The van der Waals surface area contributed by atoms with E-state index in [4.69, 9.17) is 10.2 Å². The van der Waals surface area contributed by atoms with E-state index in [1.54, 1.807) is 0 Å². The van der Waals surface area contributed by atoms with Crippen molar-refractivity contribution >= 4 is 22.8 Å². The summed E-state index contributed by atoms with van der Waals surface area (Å²) in [7, 11) is 0. The zero-order valence-corrected chi connectivity index (χ0v) is 7.44. The summed E-state index contributed by atoms with van der Waals surface area (Å²) in [6, 6.07) is -0.761. The highest BCUT2D eigenvalue weighted by Gasteiger charge is 2.32. The van der Waals surface area contributed by atoms with Crippen LogP contribution >= 0.6 is 0 Å². The number of nitrogens with two attached hydrogens (primary N) is 1. The molecule has 1 atom stereocenters. The molecule has 0 saturated carbocycles. The second-order valence-electron chi connectivity index (χ2n) is 3.45. The number of furan rings is 1. The summed E-state index contributed by atoms with van der Waals surface area (Å²) in [5, 5.41) is 0.0970. The molecule has 0 bridgehead atoms. The lowest BCUT2D eigenvalue weighted by molar-refractivity contribution is 0.0977. The van der Waals surface area contributed by atoms with E-state index < -0.39 is 16.9 Å². The van der Waals surface area contributed by atoms with E-state index in [0.717, 1.165) is 0 Å². The molecule has 0 radical (unpaired) electrons. The fraction of sp³-hybridized carbons (Fsp3) is 0.100. The van der Waals surface area contributed by atoms with Crippen LogP contribution in [-0.2, 0) is 0 Å². The summed E-state index contributed by atoms with van der Waals surface area (Å²) < 4.78 is 5.09. The zero-order valence-electron chi connectivity index (χ0n) is 7.44. The predicted molar refractivity (Wildman–Crippen MR) is 52.5 cm³/mol. The molecule has 1 aliphatic rings. The molecule has 1 aromatic heterocycles. The van der Waals surface area contributed by atoms with Gasteiger partial charge in [-0.3, -0.25) is 14.4 Å². The molecule has 2 aromatic rings. The molecule has 1 aromatic carbocycles. The molecule has 0 fully saturated rings. The lowest BCUT2D eigenvalue weighted by Gasteiger charge is -2.09. The number of hydrogen-bond donors (Lipinski definition) is 1. The number of hydrogen-bond acceptors (Lipinski definition) is 5. The molecule has 2 N–H and O–H groups in total. The Morgan fingerprint density at radius 1 is 1.20 bits per heavy atom. The van der Waals surface area contributed by atoms with Gasteiger partial charge < -0.3 is 10.2 Å². The van der Waals surface area contributed by atoms with Gasteiger partial charge in [0.25, 0.3) is 5.43 Å². The Kier molecular flexibility index (Phi) is 1.28. The summed E-state index contributed by atoms with van der Waals surface area (Å²) >= 11 is 0. The van der Waals surface area contributed by atoms with Crippen LogP contribution in [0.3, 0.4) is 0 Å². The molecule has 5 heteroatoms. The van der Waals surface area contributed by atoms with Gasteiger partial charge in [0, 0.05) is 0 Å². The van der Waals surface area contributed by atoms with Crippen LogP contribution in [0.5, 0.6) is 0 Å². The molecule has 74 valence electrons. The summed E-state index contributed by atoms with van der Waals surface area (Å²) in [5.74, 6) is -0.121. The van der Waals surface area contributed by atoms with Gasteiger partial charge in [0.1, 0.15) is 5.76 Å². The number of fused-ring (bicyclic) bond motifs is 3. The van der Waals surface area contributed by atoms with Gasteiger partial charge in [-0.25, -0.2) is 0 Å². The molecule has 3 rings (SSSR count). The maximum absolute atomic E-state index is 11.6. The van der Waals surface area contributed by atoms with Crippen LogP contribution in [0.1, 0.15) is 16.1 Å². The smallest absolute Gasteiger partial charge is 0.269 e. The molecule has 1 unspecified atom stereocenters. The lowest BCUT2D eigenvalue weighted by Crippen LogP contribution is -2.34. The van der Waals surface area contributed by atoms with Gasteiger partial charge in [-0.05, 0) is 6.08 Å². The van der Waals surface area contributed by atoms with Gasteiger partial charge in [-0.2, -0.15) is 0 Å². The van der Waals surface area contributed by atoms with Crippen LogP contribution in [-0.4, -0.2) is 11.8 Å². The third-order valence-electron chi connectivity index (χ3n) is 2.58. The van der Waals surface area contributed by atoms with Crippen LogP contribution in [0.25, 0.3) is 17.0 Å². The highest BCUT2D eigenvalue weighted by molar-refractivity contribution is 6.15. The molecule has 0 amide bonds. The van der Waals surface area contributed by atoms with Gasteiger partial charge in [0.2, 0.25) is 5.43 Å². The van der Waals surface area contributed by atoms with E-state index in [9.17, 15) is 14.4 Å². The Morgan fingerprint density at radius 2 is 1.93 bits per heavy atom. The third kappa shape index (κ3) is 0.787. The van der Waals surface area contributed by atoms with Crippen LogP contribution in [0.2, 0.25) is 0 Å². The minimum Gasteiger partial charge on any atom is -0.451 e. The second-order valence-corrected chi connectivity index (χ2v) is 3.45. The number of ketones is 1. The number of Topliss-reactive ketones (excluding diaryl/α,β-unsaturated/α-hetero) is 1. The predicted octanol–water partition coefficient (Wildman–Crippen LogP) is -0.434. The first-order chi connectivity index (χ1) is 7.11. The first-order valence-corrected chi connectivity index (χ1v) is 4.35. The fourth-order valence-electron chi connectivity index (χ4n) is 1.79. The van der Waals surface area contributed by atoms with Crippen LogP contribution in [0.4, 0.5) is 0 Å². The van der Waals surface area contributed by atoms with Gasteiger partial charge in [-0.1, -0.05) is 6.08 Å². The molecule has 1 heterocycles. The molecular formula is C10H5NO4. The topological polar surface area (TPSA) is 90.4 Å². The van der Waals surface area contributed by atoms with Crippen molar-refractivity contribution in [2.45, 2.75) is 6.04 Å². The first kappa shape index (κ1) is 8.31. The molecule has 0 saturated heterocycles. The van der Waals surface area contributed by atoms with E-state index in [1.165, 1.54) is 12.2 Å². The van der Waals surface area contributed by atoms with Crippen molar-refractivity contribution in [3.8, 4) is 0 Å². The molecule has 0 aliphatic heterocycles. The molecule has 15 heavy (non-hydrogen) atoms. The summed E-state index contributed by atoms with van der Waals surface area (Å²) in [5.41, 5.74) is 4.31. The van der Waals surface area contributed by atoms with Crippen LogP contribution in [0, 0.1) is 0 Å². The largest absolute Gasteiger partial charge is 0.451 e. The quantitative estimate of drug-likeness (QED) is 0.586. The van der Waals surface area contributed by atoms with Crippen molar-refractivity contribution in [2.24, 2.45) is 5.73 Å². The minimum atomic E-state index is -0.761. The Labute approximate surface area is 82.5 Å². The van der Waals surface area contributed by atoms with Crippen molar-refractivity contribution in [1.29, 1.82) is 0 Å². The first-order valence-electron chi connectivity index (χ1n) is 4.35. The number of carbonyl (C=O) groups excluding carboxylic acids is 1. The molecule has 0 spiro atoms. The molecular weight excluding hydrogens is 198 g/mol. The van der Waals surface area contributed by atoms with Gasteiger partial charge in [0.05, 0.1) is 17.0 Å². The SMILES string of the molecule is NC1C=Cc2oc3c(=O)c(=O)c3c2C1=O. The minimum absolute atomic E-state index is 0.0166. The average molecular weight is 203 g/mol. The number of rotatable bonds is 0. The second kappa shape index (κ2) is 2.32. The summed E-state index contributed by atoms with van der Waals surface area (Å²) in [4.78, 5) is 33.9. The van der Waals surface area contributed by atoms with E-state index in [1.807, 2.05) is 0 Å². The maximum Gasteiger partial charge on any atom is 0.269 e. The molecule has 1 aliphatic carbocycles. The Balaban J connectivity index is 2.47. The van der Waals surface area contributed by atoms with E-state index in [-0.39, 0.29) is 28.1 Å². The maximum atomic E-state index is 11.6. The third-order valence-corrected chi connectivity index (χ3v) is 2.58. The highest BCUT2D eigenvalue weighted by atomic mass is 16.3. The van der Waals surface area contributed by atoms with Crippen molar-refractivity contribution in [3.63, 3.8) is 0 Å². The standard InChI is InChI=1S/C10H5NO4/c11-3-1-2-4-5(7(3)12)6-8(13)9(14)10(6)15-4/h1-3H,11H2. The monoisotopic (exact) mass is 203 g/mol. The highest BCUT2D eigenvalue weighted by Crippen LogP contribution is 2.27. The fourth-order valence-corrected chi connectivity index (χ4v) is 1.79. The van der Waals surface area contributed by atoms with Crippen molar-refractivity contribution in [3.05, 3.63) is 37.8 Å². The van der Waals surface area contributed by atoms with Gasteiger partial charge in [0.15, 0.2) is 11.4 Å². The zero-order chi connectivity index (χ0) is 10.7. The summed E-state index contributed by atoms with van der Waals surface area (Å²) in [6.07, 6.45) is 2.99. The van der Waals surface area contributed by atoms with Crippen molar-refractivity contribution in [2.75, 3.05) is 0 Å². The Bertz CT molecular complexity index is 697. The lowest BCUT2D eigenvalue weighted by atomic mass is 9.95. The summed E-state index contributed by atoms with van der Waals surface area (Å²) in [6.45, 7) is 0. The van der Waals surface area contributed by atoms with Gasteiger partial charge >= 0.3 is 0 Å². The Morgan fingerprint density at radius 3 is 2.67 bits per heavy atom. The van der Waals surface area contributed by atoms with E-state index in [0.29, 0.717) is 0 Å². The van der Waals surface area contributed by atoms with Crippen LogP contribution < -0.4 is 16.6 Å².